The smallest absolute Gasteiger partial charge is 0.268 e. The maximum atomic E-state index is 12.9. The lowest BCUT2D eigenvalue weighted by Crippen LogP contribution is -2.25. The number of alkyl halides is 3. The van der Waals surface area contributed by atoms with E-state index in [2.05, 4.69) is 0 Å². The molecule has 0 radical (unpaired) electrons. The molecule has 0 unspecified atom stereocenters. The van der Waals surface area contributed by atoms with Crippen LogP contribution in [0.15, 0.2) is 24.3 Å². The molecule has 1 aromatic rings. The molecule has 1 aliphatic heterocycles. The van der Waals surface area contributed by atoms with Crippen molar-refractivity contribution in [3.05, 3.63) is 35.4 Å². The Bertz CT molecular complexity index is 454. The maximum absolute atomic E-state index is 12.9. The predicted octanol–water partition coefficient (Wildman–Crippen LogP) is 3.03. The van der Waals surface area contributed by atoms with E-state index in [1.54, 1.807) is 24.3 Å². The van der Waals surface area contributed by atoms with E-state index in [0.29, 0.717) is 23.1 Å². The number of fused-ring (bicyclic) bond motifs is 1. The summed E-state index contributed by atoms with van der Waals surface area (Å²) >= 11 is 11.0. The highest BCUT2D eigenvalue weighted by Crippen LogP contribution is 2.33. The number of benzene rings is 1. The van der Waals surface area contributed by atoms with E-state index < -0.39 is 22.2 Å². The SMILES string of the molecule is O=C1c2ccccc2C(=O)N1SCC(F)(Cl)Cl. The van der Waals surface area contributed by atoms with Gasteiger partial charge in [0.25, 0.3) is 16.4 Å². The lowest BCUT2D eigenvalue weighted by atomic mass is 10.1. The fraction of sp³-hybridized carbons (Fsp3) is 0.200. The Morgan fingerprint density at radius 2 is 1.65 bits per heavy atom. The highest BCUT2D eigenvalue weighted by Gasteiger charge is 2.37. The van der Waals surface area contributed by atoms with Crippen molar-refractivity contribution in [1.29, 1.82) is 0 Å². The minimum Gasteiger partial charge on any atom is -0.268 e. The lowest BCUT2D eigenvalue weighted by molar-refractivity contribution is 0.0777. The maximum Gasteiger partial charge on any atom is 0.271 e. The quantitative estimate of drug-likeness (QED) is 0.488. The van der Waals surface area contributed by atoms with Crippen LogP contribution in [0.25, 0.3) is 0 Å². The average molecular weight is 294 g/mol. The molecule has 1 aromatic carbocycles. The highest BCUT2D eigenvalue weighted by molar-refractivity contribution is 7.98. The predicted molar refractivity (Wildman–Crippen MR) is 64.9 cm³/mol. The molecular weight excluding hydrogens is 288 g/mol. The third-order valence-electron chi connectivity index (χ3n) is 2.11. The van der Waals surface area contributed by atoms with Crippen LogP contribution in [-0.2, 0) is 0 Å². The summed E-state index contributed by atoms with van der Waals surface area (Å²) in [5, 5.41) is 0. The normalized spacial score (nSPS) is 15.4. The van der Waals surface area contributed by atoms with Gasteiger partial charge in [0.2, 0.25) is 0 Å². The van der Waals surface area contributed by atoms with Crippen LogP contribution in [0.4, 0.5) is 4.39 Å². The summed E-state index contributed by atoms with van der Waals surface area (Å²) in [4.78, 5) is 23.6. The molecule has 17 heavy (non-hydrogen) atoms. The zero-order chi connectivity index (χ0) is 12.6. The zero-order valence-corrected chi connectivity index (χ0v) is 10.7. The molecule has 2 rings (SSSR count). The molecule has 0 aromatic heterocycles. The van der Waals surface area contributed by atoms with Crippen LogP contribution in [0.1, 0.15) is 20.7 Å². The van der Waals surface area contributed by atoms with Crippen molar-refractivity contribution in [3.8, 4) is 0 Å². The molecule has 0 fully saturated rings. The van der Waals surface area contributed by atoms with Gasteiger partial charge in [-0.15, -0.1) is 0 Å². The fourth-order valence-electron chi connectivity index (χ4n) is 1.42. The second-order valence-electron chi connectivity index (χ2n) is 3.34. The molecule has 0 N–H and O–H groups in total. The third-order valence-corrected chi connectivity index (χ3v) is 3.82. The summed E-state index contributed by atoms with van der Waals surface area (Å²) in [6.45, 7) is 0. The molecule has 0 atom stereocenters. The van der Waals surface area contributed by atoms with Crippen molar-refractivity contribution in [2.75, 3.05) is 5.75 Å². The Labute approximate surface area is 111 Å². The molecule has 1 heterocycles. The number of halogens is 3. The molecular formula is C10H6Cl2FNO2S. The first-order valence-corrected chi connectivity index (χ1v) is 6.27. The Balaban J connectivity index is 2.19. The standard InChI is InChI=1S/C10H6Cl2FNO2S/c11-10(12,13)5-17-14-8(15)6-3-1-2-4-7(6)9(14)16/h1-4H,5H2. The van der Waals surface area contributed by atoms with Gasteiger partial charge in [-0.05, 0) is 24.1 Å². The Kier molecular flexibility index (Phi) is 3.34. The third kappa shape index (κ3) is 2.56. The monoisotopic (exact) mass is 293 g/mol. The molecule has 0 bridgehead atoms. The van der Waals surface area contributed by atoms with E-state index >= 15 is 0 Å². The van der Waals surface area contributed by atoms with Crippen LogP contribution in [-0.4, -0.2) is 26.5 Å². The van der Waals surface area contributed by atoms with Gasteiger partial charge in [-0.3, -0.25) is 9.59 Å². The number of nitrogens with zero attached hydrogens (tertiary/aromatic N) is 1. The van der Waals surface area contributed by atoms with Crippen molar-refractivity contribution in [2.24, 2.45) is 0 Å². The van der Waals surface area contributed by atoms with Gasteiger partial charge in [-0.25, -0.2) is 8.70 Å². The Hall–Kier alpha value is -0.780. The van der Waals surface area contributed by atoms with Crippen LogP contribution in [0.2, 0.25) is 0 Å². The van der Waals surface area contributed by atoms with Crippen molar-refractivity contribution in [1.82, 2.24) is 4.31 Å². The van der Waals surface area contributed by atoms with E-state index in [0.717, 1.165) is 4.31 Å². The van der Waals surface area contributed by atoms with Crippen LogP contribution in [0, 0.1) is 0 Å². The van der Waals surface area contributed by atoms with Crippen LogP contribution in [0.3, 0.4) is 0 Å². The van der Waals surface area contributed by atoms with Crippen molar-refractivity contribution in [2.45, 2.75) is 4.59 Å². The largest absolute Gasteiger partial charge is 0.271 e. The number of imide groups is 1. The molecule has 0 aliphatic carbocycles. The van der Waals surface area contributed by atoms with E-state index in [9.17, 15) is 14.0 Å². The van der Waals surface area contributed by atoms with Crippen LogP contribution >= 0.6 is 35.1 Å². The van der Waals surface area contributed by atoms with E-state index in [1.165, 1.54) is 0 Å². The topological polar surface area (TPSA) is 37.4 Å². The number of rotatable bonds is 3. The van der Waals surface area contributed by atoms with Gasteiger partial charge in [0.05, 0.1) is 16.9 Å². The van der Waals surface area contributed by atoms with Gasteiger partial charge in [-0.1, -0.05) is 35.3 Å². The first-order valence-electron chi connectivity index (χ1n) is 4.57. The van der Waals surface area contributed by atoms with E-state index in [4.69, 9.17) is 23.2 Å². The van der Waals surface area contributed by atoms with Gasteiger partial charge in [-0.2, -0.15) is 0 Å². The summed E-state index contributed by atoms with van der Waals surface area (Å²) in [7, 11) is 0. The Morgan fingerprint density at radius 1 is 1.18 bits per heavy atom. The highest BCUT2D eigenvalue weighted by atomic mass is 35.5. The van der Waals surface area contributed by atoms with Crippen LogP contribution < -0.4 is 0 Å². The van der Waals surface area contributed by atoms with Gasteiger partial charge in [0, 0.05) is 0 Å². The molecule has 0 saturated heterocycles. The number of amides is 2. The second kappa shape index (κ2) is 4.48. The summed E-state index contributed by atoms with van der Waals surface area (Å²) in [5.41, 5.74) is 0.609. The molecule has 0 saturated carbocycles. The zero-order valence-electron chi connectivity index (χ0n) is 8.32. The average Bonchev–Trinajstić information content (AvgIpc) is 2.49. The first-order chi connectivity index (χ1) is 7.90. The number of hydrogen-bond donors (Lipinski definition) is 0. The van der Waals surface area contributed by atoms with Gasteiger partial charge >= 0.3 is 0 Å². The molecule has 1 aliphatic rings. The lowest BCUT2D eigenvalue weighted by Gasteiger charge is -2.14. The molecule has 7 heteroatoms. The summed E-state index contributed by atoms with van der Waals surface area (Å²) in [5.74, 6) is -1.36. The first kappa shape index (κ1) is 12.7. The summed E-state index contributed by atoms with van der Waals surface area (Å²) in [6, 6.07) is 6.39. The van der Waals surface area contributed by atoms with Gasteiger partial charge in [0.1, 0.15) is 0 Å². The molecule has 2 amide bonds. The number of carbonyl (C=O) groups is 2. The van der Waals surface area contributed by atoms with Gasteiger partial charge in [0.15, 0.2) is 0 Å². The molecule has 90 valence electrons. The summed E-state index contributed by atoms with van der Waals surface area (Å²) in [6.07, 6.45) is 0. The molecule has 0 spiro atoms. The minimum atomic E-state index is -2.47. The van der Waals surface area contributed by atoms with Crippen molar-refractivity contribution in [3.63, 3.8) is 0 Å². The Morgan fingerprint density at radius 3 is 2.06 bits per heavy atom. The van der Waals surface area contributed by atoms with Crippen molar-refractivity contribution < 1.29 is 14.0 Å². The summed E-state index contributed by atoms with van der Waals surface area (Å²) < 4.78 is 11.3. The van der Waals surface area contributed by atoms with Crippen LogP contribution in [0.5, 0.6) is 0 Å². The number of carbonyl (C=O) groups excluding carboxylic acids is 2. The van der Waals surface area contributed by atoms with E-state index in [1.807, 2.05) is 0 Å². The number of hydrogen-bond acceptors (Lipinski definition) is 3. The minimum absolute atomic E-state index is 0.304. The van der Waals surface area contributed by atoms with Gasteiger partial charge < -0.3 is 0 Å². The van der Waals surface area contributed by atoms with E-state index in [-0.39, 0.29) is 0 Å². The second-order valence-corrected chi connectivity index (χ2v) is 5.64. The molecule has 3 nitrogen and oxygen atoms in total. The fourth-order valence-corrected chi connectivity index (χ4v) is 2.42. The van der Waals surface area contributed by atoms with Crippen molar-refractivity contribution >= 4 is 47.0 Å².